The van der Waals surface area contributed by atoms with Gasteiger partial charge in [0.25, 0.3) is 5.91 Å². The summed E-state index contributed by atoms with van der Waals surface area (Å²) in [5.74, 6) is 1.32. The van der Waals surface area contributed by atoms with E-state index in [-0.39, 0.29) is 18.3 Å². The van der Waals surface area contributed by atoms with E-state index in [1.165, 1.54) is 0 Å². The number of hydrogen-bond acceptors (Lipinski definition) is 3. The fourth-order valence-electron chi connectivity index (χ4n) is 3.01. The summed E-state index contributed by atoms with van der Waals surface area (Å²) in [6.07, 6.45) is 0. The molecule has 0 saturated carbocycles. The van der Waals surface area contributed by atoms with Crippen molar-refractivity contribution in [3.8, 4) is 16.9 Å². The van der Waals surface area contributed by atoms with Gasteiger partial charge >= 0.3 is 0 Å². The number of carbonyl (C=O) groups excluding carboxylic acids is 1. The summed E-state index contributed by atoms with van der Waals surface area (Å²) in [6, 6.07) is 29.0. The molecular weight excluding hydrogens is 362 g/mol. The first-order valence-electron chi connectivity index (χ1n) is 9.42. The minimum atomic E-state index is -0.292. The molecule has 4 nitrogen and oxygen atoms in total. The molecule has 29 heavy (non-hydrogen) atoms. The first kappa shape index (κ1) is 18.6. The summed E-state index contributed by atoms with van der Waals surface area (Å²) in [5, 5.41) is 2.86. The molecule has 0 fully saturated rings. The van der Waals surface area contributed by atoms with Crippen LogP contribution in [0.2, 0.25) is 0 Å². The number of furan rings is 1. The van der Waals surface area contributed by atoms with Gasteiger partial charge in [-0.3, -0.25) is 4.79 Å². The third-order valence-electron chi connectivity index (χ3n) is 4.51. The Morgan fingerprint density at radius 2 is 1.62 bits per heavy atom. The number of benzene rings is 3. The second kappa shape index (κ2) is 8.48. The first-order chi connectivity index (χ1) is 14.2. The number of rotatable bonds is 6. The summed E-state index contributed by atoms with van der Waals surface area (Å²) in [5.41, 5.74) is 4.07. The van der Waals surface area contributed by atoms with Gasteiger partial charge in [0.2, 0.25) is 0 Å². The van der Waals surface area contributed by atoms with Gasteiger partial charge in [-0.1, -0.05) is 54.6 Å². The van der Waals surface area contributed by atoms with Crippen molar-refractivity contribution in [3.63, 3.8) is 0 Å². The number of ether oxygens (including phenoxy) is 1. The van der Waals surface area contributed by atoms with Gasteiger partial charge in [-0.2, -0.15) is 0 Å². The van der Waals surface area contributed by atoms with E-state index >= 15 is 0 Å². The molecule has 1 heterocycles. The van der Waals surface area contributed by atoms with Crippen molar-refractivity contribution in [2.24, 2.45) is 0 Å². The molecule has 144 valence electrons. The zero-order chi connectivity index (χ0) is 20.1. The molecule has 3 aromatic carbocycles. The van der Waals surface area contributed by atoms with Crippen molar-refractivity contribution in [2.75, 3.05) is 5.32 Å². The van der Waals surface area contributed by atoms with Crippen molar-refractivity contribution in [1.82, 2.24) is 0 Å². The summed E-state index contributed by atoms with van der Waals surface area (Å²) < 4.78 is 11.3. The van der Waals surface area contributed by atoms with Crippen LogP contribution in [0.3, 0.4) is 0 Å². The van der Waals surface area contributed by atoms with Crippen LogP contribution in [-0.4, -0.2) is 5.91 Å². The van der Waals surface area contributed by atoms with E-state index < -0.39 is 0 Å². The van der Waals surface area contributed by atoms with E-state index in [0.29, 0.717) is 11.4 Å². The summed E-state index contributed by atoms with van der Waals surface area (Å²) in [6.45, 7) is 2.27. The molecule has 4 aromatic rings. The van der Waals surface area contributed by atoms with E-state index in [1.54, 1.807) is 12.1 Å². The summed E-state index contributed by atoms with van der Waals surface area (Å²) in [7, 11) is 0. The van der Waals surface area contributed by atoms with Crippen LogP contribution in [0, 0.1) is 6.92 Å². The van der Waals surface area contributed by atoms with Gasteiger partial charge in [0, 0.05) is 5.69 Å². The lowest BCUT2D eigenvalue weighted by atomic mass is 10.1. The second-order valence-electron chi connectivity index (χ2n) is 6.77. The Morgan fingerprint density at radius 1 is 0.862 bits per heavy atom. The number of aryl methyl sites for hydroxylation is 1. The van der Waals surface area contributed by atoms with Crippen LogP contribution < -0.4 is 10.1 Å². The maximum Gasteiger partial charge on any atom is 0.291 e. The van der Waals surface area contributed by atoms with E-state index in [9.17, 15) is 4.79 Å². The lowest BCUT2D eigenvalue weighted by molar-refractivity contribution is 0.0992. The quantitative estimate of drug-likeness (QED) is 0.438. The van der Waals surface area contributed by atoms with Gasteiger partial charge in [0.05, 0.1) is 0 Å². The zero-order valence-corrected chi connectivity index (χ0v) is 16.1. The van der Waals surface area contributed by atoms with Crippen molar-refractivity contribution in [3.05, 3.63) is 108 Å². The Hall–Kier alpha value is -3.79. The molecule has 4 rings (SSSR count). The maximum atomic E-state index is 12.5. The van der Waals surface area contributed by atoms with E-state index in [2.05, 4.69) is 17.4 Å². The molecular formula is C25H21NO3. The molecule has 0 saturated heterocycles. The number of hydrogen-bond donors (Lipinski definition) is 1. The number of carbonyl (C=O) groups is 1. The molecule has 0 unspecified atom stereocenters. The molecule has 0 aliphatic rings. The first-order valence-corrected chi connectivity index (χ1v) is 9.42. The third kappa shape index (κ3) is 4.74. The van der Waals surface area contributed by atoms with Crippen molar-refractivity contribution in [2.45, 2.75) is 13.5 Å². The van der Waals surface area contributed by atoms with Crippen LogP contribution in [0.25, 0.3) is 11.1 Å². The smallest absolute Gasteiger partial charge is 0.291 e. The number of nitrogens with one attached hydrogen (secondary N) is 1. The summed E-state index contributed by atoms with van der Waals surface area (Å²) >= 11 is 0. The van der Waals surface area contributed by atoms with Crippen LogP contribution in [0.4, 0.5) is 5.69 Å². The predicted octanol–water partition coefficient (Wildman–Crippen LogP) is 6.09. The molecule has 1 amide bonds. The number of amides is 1. The van der Waals surface area contributed by atoms with Crippen LogP contribution in [0.15, 0.2) is 95.4 Å². The second-order valence-corrected chi connectivity index (χ2v) is 6.77. The molecule has 1 N–H and O–H groups in total. The molecule has 0 spiro atoms. The number of anilines is 1. The topological polar surface area (TPSA) is 51.5 Å². The van der Waals surface area contributed by atoms with Gasteiger partial charge in [-0.05, 0) is 60.0 Å². The van der Waals surface area contributed by atoms with Gasteiger partial charge in [-0.25, -0.2) is 0 Å². The van der Waals surface area contributed by atoms with Gasteiger partial charge in [0.1, 0.15) is 18.1 Å². The van der Waals surface area contributed by atoms with Gasteiger partial charge < -0.3 is 14.5 Å². The summed E-state index contributed by atoms with van der Waals surface area (Å²) in [4.78, 5) is 12.5. The Kier molecular flexibility index (Phi) is 5.43. The minimum absolute atomic E-state index is 0.250. The standard InChI is InChI=1S/C25H21NO3/c1-18-6-5-9-22(16-18)28-17-23-14-15-24(29-23)25(27)26-21-12-10-20(11-13-21)19-7-3-2-4-8-19/h2-16H,17H2,1H3,(H,26,27). The molecule has 0 aliphatic carbocycles. The molecule has 1 aromatic heterocycles. The Bertz CT molecular complexity index is 1100. The van der Waals surface area contributed by atoms with Crippen LogP contribution >= 0.6 is 0 Å². The lowest BCUT2D eigenvalue weighted by Gasteiger charge is -2.06. The molecule has 0 atom stereocenters. The molecule has 0 aliphatic heterocycles. The normalized spacial score (nSPS) is 10.5. The lowest BCUT2D eigenvalue weighted by Crippen LogP contribution is -2.10. The van der Waals surface area contributed by atoms with Crippen LogP contribution in [-0.2, 0) is 6.61 Å². The van der Waals surface area contributed by atoms with Crippen LogP contribution in [0.1, 0.15) is 21.9 Å². The highest BCUT2D eigenvalue weighted by Crippen LogP contribution is 2.22. The highest BCUT2D eigenvalue weighted by molar-refractivity contribution is 6.02. The maximum absolute atomic E-state index is 12.5. The Balaban J connectivity index is 1.36. The van der Waals surface area contributed by atoms with Crippen molar-refractivity contribution >= 4 is 11.6 Å². The molecule has 4 heteroatoms. The fourth-order valence-corrected chi connectivity index (χ4v) is 3.01. The van der Waals surface area contributed by atoms with Gasteiger partial charge in [-0.15, -0.1) is 0 Å². The van der Waals surface area contributed by atoms with Crippen molar-refractivity contribution in [1.29, 1.82) is 0 Å². The average Bonchev–Trinajstić information content (AvgIpc) is 3.23. The largest absolute Gasteiger partial charge is 0.486 e. The average molecular weight is 383 g/mol. The highest BCUT2D eigenvalue weighted by atomic mass is 16.5. The monoisotopic (exact) mass is 383 g/mol. The van der Waals surface area contributed by atoms with Crippen LogP contribution in [0.5, 0.6) is 5.75 Å². The third-order valence-corrected chi connectivity index (χ3v) is 4.51. The molecule has 0 bridgehead atoms. The van der Waals surface area contributed by atoms with E-state index in [0.717, 1.165) is 22.4 Å². The zero-order valence-electron chi connectivity index (χ0n) is 16.1. The Labute approximate surface area is 169 Å². The van der Waals surface area contributed by atoms with Crippen molar-refractivity contribution < 1.29 is 13.9 Å². The molecule has 0 radical (unpaired) electrons. The highest BCUT2D eigenvalue weighted by Gasteiger charge is 2.12. The van der Waals surface area contributed by atoms with Gasteiger partial charge in [0.15, 0.2) is 5.76 Å². The van der Waals surface area contributed by atoms with E-state index in [4.69, 9.17) is 9.15 Å². The Morgan fingerprint density at radius 3 is 2.38 bits per heavy atom. The van der Waals surface area contributed by atoms with E-state index in [1.807, 2.05) is 73.7 Å². The SMILES string of the molecule is Cc1cccc(OCc2ccc(C(=O)Nc3ccc(-c4ccccc4)cc3)o2)c1. The fraction of sp³-hybridized carbons (Fsp3) is 0.0800. The minimum Gasteiger partial charge on any atom is -0.486 e. The predicted molar refractivity (Wildman–Crippen MR) is 114 cm³/mol.